The lowest BCUT2D eigenvalue weighted by atomic mass is 10.1. The van der Waals surface area contributed by atoms with Crippen LogP contribution in [0.25, 0.3) is 0 Å². The maximum Gasteiger partial charge on any atom is 0.305 e. The lowest BCUT2D eigenvalue weighted by Crippen LogP contribution is -2.58. The van der Waals surface area contributed by atoms with Crippen LogP contribution in [0.3, 0.4) is 0 Å². The Balaban J connectivity index is 1.45. The standard InChI is InChI=1S/C43H63N15O14/c44-32(61)17-29(39(69)51-22-36(65)53-26(23-59)16-38(67)68)54-37(66)21-50-34(63)19-48-33(62)18-49-35(64)20-52-40(70)30-10-5-13-57(30)42(72)28(9-4-12-47-43(45)46)55-41(71)31-11-6-14-58(31)56-27(24-60)15-25-7-2-1-3-8-25/h1-3,7-8,23-24,26-31,56H,4-6,9-22H2,(H2,44,61)(H,48,62)(H,49,64)(H,50,63)(H,51,69)(H,52,70)(H,53,65)(H,54,66)(H,55,71)(H,67,68)(H4,45,46,47)/t26-,27-,28-,29-,30-,31-/m0/s1. The van der Waals surface area contributed by atoms with Gasteiger partial charge in [-0.15, -0.1) is 0 Å². The summed E-state index contributed by atoms with van der Waals surface area (Å²) in [6.07, 6.45) is 2.12. The van der Waals surface area contributed by atoms with Gasteiger partial charge in [-0.05, 0) is 50.5 Å². The Morgan fingerprint density at radius 1 is 0.653 bits per heavy atom. The quantitative estimate of drug-likeness (QED) is 0.0142. The first-order valence-electron chi connectivity index (χ1n) is 22.9. The maximum atomic E-state index is 14.1. The SMILES string of the molecule is NC(=O)C[C@H](NC(=O)CNC(=O)CNC(=O)CNC(=O)CNC(=O)[C@@H]1CCCN1C(=O)[C@H](CCCN=C(N)N)NC(=O)[C@@H]1CCCN1N[C@H](C=O)Cc1ccccc1)C(=O)NCC(=O)N[C@H](C=O)CC(=O)O. The Kier molecular flexibility index (Phi) is 24.7. The van der Waals surface area contributed by atoms with Gasteiger partial charge < -0.3 is 79.3 Å². The van der Waals surface area contributed by atoms with Crippen LogP contribution in [0.5, 0.6) is 0 Å². The second-order valence-corrected chi connectivity index (χ2v) is 16.6. The third kappa shape index (κ3) is 21.3. The molecule has 2 aliphatic rings. The molecule has 2 aliphatic heterocycles. The van der Waals surface area contributed by atoms with Crippen LogP contribution in [0.15, 0.2) is 35.3 Å². The number of hydrogen-bond acceptors (Lipinski definition) is 16. The van der Waals surface area contributed by atoms with Gasteiger partial charge >= 0.3 is 5.97 Å². The van der Waals surface area contributed by atoms with E-state index in [1.807, 2.05) is 30.3 Å². The number of guanidine groups is 1. The molecule has 0 unspecified atom stereocenters. The van der Waals surface area contributed by atoms with Crippen LogP contribution in [-0.4, -0.2) is 187 Å². The number of amides is 10. The molecule has 2 saturated heterocycles. The molecule has 29 heteroatoms. The van der Waals surface area contributed by atoms with Crippen molar-refractivity contribution >= 4 is 83.6 Å². The van der Waals surface area contributed by atoms with Gasteiger partial charge in [0.15, 0.2) is 5.96 Å². The summed E-state index contributed by atoms with van der Waals surface area (Å²) >= 11 is 0. The number of nitrogens with zero attached hydrogens (tertiary/aromatic N) is 3. The molecule has 1 aromatic carbocycles. The van der Waals surface area contributed by atoms with E-state index in [0.29, 0.717) is 38.6 Å². The van der Waals surface area contributed by atoms with Gasteiger partial charge in [-0.1, -0.05) is 30.3 Å². The van der Waals surface area contributed by atoms with E-state index in [-0.39, 0.29) is 38.2 Å². The van der Waals surface area contributed by atoms with Gasteiger partial charge in [0.1, 0.15) is 36.7 Å². The lowest BCUT2D eigenvalue weighted by Gasteiger charge is -2.31. The molecule has 3 rings (SSSR count). The van der Waals surface area contributed by atoms with Crippen molar-refractivity contribution in [3.63, 3.8) is 0 Å². The Hall–Kier alpha value is -8.08. The first kappa shape index (κ1) is 58.2. The third-order valence-electron chi connectivity index (χ3n) is 10.9. The fourth-order valence-corrected chi connectivity index (χ4v) is 7.47. The van der Waals surface area contributed by atoms with E-state index in [1.54, 1.807) is 5.01 Å². The Morgan fingerprint density at radius 2 is 1.22 bits per heavy atom. The van der Waals surface area contributed by atoms with E-state index in [9.17, 15) is 62.3 Å². The van der Waals surface area contributed by atoms with Crippen LogP contribution in [0.2, 0.25) is 0 Å². The minimum Gasteiger partial charge on any atom is -0.481 e. The molecule has 0 saturated carbocycles. The van der Waals surface area contributed by atoms with E-state index in [1.165, 1.54) is 4.90 Å². The smallest absolute Gasteiger partial charge is 0.305 e. The molecule has 2 heterocycles. The van der Waals surface area contributed by atoms with Gasteiger partial charge in [-0.3, -0.25) is 57.7 Å². The van der Waals surface area contributed by atoms with Gasteiger partial charge in [-0.25, -0.2) is 10.4 Å². The van der Waals surface area contributed by atoms with Crippen molar-refractivity contribution in [2.75, 3.05) is 52.4 Å². The number of nitrogens with one attached hydrogen (secondary N) is 9. The monoisotopic (exact) mass is 1010 g/mol. The first-order valence-corrected chi connectivity index (χ1v) is 22.9. The zero-order valence-corrected chi connectivity index (χ0v) is 39.4. The van der Waals surface area contributed by atoms with Crippen molar-refractivity contribution in [3.8, 4) is 0 Å². The number of aliphatic carboxylic acids is 1. The third-order valence-corrected chi connectivity index (χ3v) is 10.9. The molecule has 0 spiro atoms. The Bertz CT molecular complexity index is 2160. The van der Waals surface area contributed by atoms with E-state index in [4.69, 9.17) is 22.3 Å². The van der Waals surface area contributed by atoms with Crippen molar-refractivity contribution in [2.24, 2.45) is 22.2 Å². The average molecular weight is 1010 g/mol. The number of hydrazine groups is 1. The van der Waals surface area contributed by atoms with Crippen LogP contribution in [-0.2, 0) is 68.7 Å². The zero-order chi connectivity index (χ0) is 53.2. The maximum absolute atomic E-state index is 14.1. The molecule has 1 aromatic rings. The molecule has 0 radical (unpaired) electrons. The van der Waals surface area contributed by atoms with Crippen LogP contribution >= 0.6 is 0 Å². The summed E-state index contributed by atoms with van der Waals surface area (Å²) in [6.45, 7) is -2.60. The van der Waals surface area contributed by atoms with Crippen LogP contribution in [0.1, 0.15) is 56.9 Å². The fraction of sp³-hybridized carbons (Fsp3) is 0.535. The van der Waals surface area contributed by atoms with Gasteiger partial charge in [0.25, 0.3) is 0 Å². The number of aliphatic imine (C=N–C) groups is 1. The molecule has 16 N–H and O–H groups in total. The molecule has 2 fully saturated rings. The van der Waals surface area contributed by atoms with E-state index in [2.05, 4.69) is 53.0 Å². The molecule has 72 heavy (non-hydrogen) atoms. The molecular weight excluding hydrogens is 951 g/mol. The molecule has 0 aromatic heterocycles. The van der Waals surface area contributed by atoms with Crippen molar-refractivity contribution < 1.29 is 67.4 Å². The number of carboxylic acid groups (broad SMARTS) is 1. The summed E-state index contributed by atoms with van der Waals surface area (Å²) in [7, 11) is 0. The predicted molar refractivity (Wildman–Crippen MR) is 250 cm³/mol. The van der Waals surface area contributed by atoms with Gasteiger partial charge in [0.2, 0.25) is 59.1 Å². The minimum atomic E-state index is -1.60. The number of benzene rings is 1. The number of carboxylic acids is 1. The highest BCUT2D eigenvalue weighted by Gasteiger charge is 2.40. The predicted octanol–water partition coefficient (Wildman–Crippen LogP) is -7.61. The number of hydrogen-bond donors (Lipinski definition) is 13. The van der Waals surface area contributed by atoms with Gasteiger partial charge in [0.05, 0.1) is 57.6 Å². The number of nitrogens with two attached hydrogens (primary N) is 3. The number of carbonyl (C=O) groups is 13. The van der Waals surface area contributed by atoms with E-state index >= 15 is 0 Å². The second kappa shape index (κ2) is 30.5. The molecule has 29 nitrogen and oxygen atoms in total. The van der Waals surface area contributed by atoms with Gasteiger partial charge in [-0.2, -0.15) is 0 Å². The van der Waals surface area contributed by atoms with Gasteiger partial charge in [0, 0.05) is 19.6 Å². The number of aldehydes is 2. The average Bonchev–Trinajstić information content (AvgIpc) is 4.03. The number of primary amides is 1. The topological polar surface area (TPSA) is 447 Å². The minimum absolute atomic E-state index is 0.120. The summed E-state index contributed by atoms with van der Waals surface area (Å²) in [5, 5.41) is 28.7. The number of rotatable bonds is 31. The fourth-order valence-electron chi connectivity index (χ4n) is 7.47. The summed E-state index contributed by atoms with van der Waals surface area (Å²) in [5.74, 6) is -9.73. The summed E-state index contributed by atoms with van der Waals surface area (Å²) in [5.41, 5.74) is 20.2. The highest BCUT2D eigenvalue weighted by atomic mass is 16.4. The molecular formula is C43H63N15O14. The van der Waals surface area contributed by atoms with Crippen molar-refractivity contribution in [3.05, 3.63) is 35.9 Å². The summed E-state index contributed by atoms with van der Waals surface area (Å²) in [4.78, 5) is 166. The summed E-state index contributed by atoms with van der Waals surface area (Å²) in [6, 6.07) is 2.99. The van der Waals surface area contributed by atoms with E-state index < -0.39 is 147 Å². The van der Waals surface area contributed by atoms with Crippen molar-refractivity contribution in [2.45, 2.75) is 94.0 Å². The number of carbonyl (C=O) groups excluding carboxylic acids is 12. The molecule has 10 amide bonds. The summed E-state index contributed by atoms with van der Waals surface area (Å²) < 4.78 is 0. The van der Waals surface area contributed by atoms with Crippen molar-refractivity contribution in [1.82, 2.24) is 57.9 Å². The van der Waals surface area contributed by atoms with E-state index in [0.717, 1.165) is 11.8 Å². The second-order valence-electron chi connectivity index (χ2n) is 16.6. The van der Waals surface area contributed by atoms with Crippen LogP contribution < -0.4 is 65.2 Å². The highest BCUT2D eigenvalue weighted by Crippen LogP contribution is 2.21. The molecule has 0 bridgehead atoms. The lowest BCUT2D eigenvalue weighted by molar-refractivity contribution is -0.142. The largest absolute Gasteiger partial charge is 0.481 e. The van der Waals surface area contributed by atoms with Crippen LogP contribution in [0, 0.1) is 0 Å². The molecule has 394 valence electrons. The highest BCUT2D eigenvalue weighted by molar-refractivity contribution is 5.97. The number of likely N-dealkylation sites (tertiary alicyclic amines) is 1. The Morgan fingerprint density at radius 3 is 1.82 bits per heavy atom. The van der Waals surface area contributed by atoms with Crippen LogP contribution in [0.4, 0.5) is 0 Å². The molecule has 0 aliphatic carbocycles. The van der Waals surface area contributed by atoms with Crippen molar-refractivity contribution in [1.29, 1.82) is 0 Å². The zero-order valence-electron chi connectivity index (χ0n) is 39.4. The Labute approximate surface area is 412 Å². The normalized spacial score (nSPS) is 16.8. The molecule has 6 atom stereocenters. The first-order chi connectivity index (χ1) is 34.3.